The standard InChI is InChI=1S/C12H19N3O/c1-8-7-13-11(14-9(8)2)15(6)10(16)12(3,4)5/h7H,1-6H3. The summed E-state index contributed by atoms with van der Waals surface area (Å²) in [5.74, 6) is 0.471. The minimum Gasteiger partial charge on any atom is -0.283 e. The maximum absolute atomic E-state index is 12.0. The summed E-state index contributed by atoms with van der Waals surface area (Å²) in [6, 6.07) is 0. The van der Waals surface area contributed by atoms with Crippen molar-refractivity contribution in [3.8, 4) is 0 Å². The van der Waals surface area contributed by atoms with E-state index in [1.165, 1.54) is 4.90 Å². The van der Waals surface area contributed by atoms with Gasteiger partial charge in [0.1, 0.15) is 0 Å². The Morgan fingerprint density at radius 1 is 1.31 bits per heavy atom. The number of carbonyl (C=O) groups is 1. The van der Waals surface area contributed by atoms with Gasteiger partial charge in [0.2, 0.25) is 11.9 Å². The van der Waals surface area contributed by atoms with Crippen LogP contribution in [-0.4, -0.2) is 22.9 Å². The predicted octanol–water partition coefficient (Wildman–Crippen LogP) is 2.10. The van der Waals surface area contributed by atoms with Crippen LogP contribution in [0, 0.1) is 19.3 Å². The van der Waals surface area contributed by atoms with E-state index < -0.39 is 5.41 Å². The van der Waals surface area contributed by atoms with Crippen LogP contribution >= 0.6 is 0 Å². The molecular weight excluding hydrogens is 202 g/mol. The third-order valence-electron chi connectivity index (χ3n) is 2.46. The summed E-state index contributed by atoms with van der Waals surface area (Å²) in [6.45, 7) is 9.51. The molecule has 0 unspecified atom stereocenters. The highest BCUT2D eigenvalue weighted by Crippen LogP contribution is 2.19. The van der Waals surface area contributed by atoms with E-state index in [4.69, 9.17) is 0 Å². The molecule has 0 fully saturated rings. The van der Waals surface area contributed by atoms with Crippen molar-refractivity contribution in [2.45, 2.75) is 34.6 Å². The van der Waals surface area contributed by atoms with Crippen molar-refractivity contribution in [1.82, 2.24) is 9.97 Å². The van der Waals surface area contributed by atoms with Crippen LogP contribution in [0.1, 0.15) is 32.0 Å². The Morgan fingerprint density at radius 3 is 2.31 bits per heavy atom. The fraction of sp³-hybridized carbons (Fsp3) is 0.583. The molecule has 0 saturated heterocycles. The van der Waals surface area contributed by atoms with E-state index in [1.54, 1.807) is 13.2 Å². The lowest BCUT2D eigenvalue weighted by atomic mass is 9.95. The lowest BCUT2D eigenvalue weighted by molar-refractivity contribution is -0.125. The number of nitrogens with zero attached hydrogens (tertiary/aromatic N) is 3. The molecule has 0 spiro atoms. The van der Waals surface area contributed by atoms with Crippen LogP contribution in [0.2, 0.25) is 0 Å². The lowest BCUT2D eigenvalue weighted by Gasteiger charge is -2.24. The van der Waals surface area contributed by atoms with Gasteiger partial charge in [-0.05, 0) is 19.4 Å². The van der Waals surface area contributed by atoms with Crippen molar-refractivity contribution in [2.24, 2.45) is 5.41 Å². The monoisotopic (exact) mass is 221 g/mol. The van der Waals surface area contributed by atoms with Crippen molar-refractivity contribution in [3.05, 3.63) is 17.5 Å². The highest BCUT2D eigenvalue weighted by atomic mass is 16.2. The molecule has 1 heterocycles. The van der Waals surface area contributed by atoms with Gasteiger partial charge < -0.3 is 0 Å². The van der Waals surface area contributed by atoms with Crippen LogP contribution in [0.3, 0.4) is 0 Å². The molecule has 16 heavy (non-hydrogen) atoms. The molecule has 0 aromatic carbocycles. The molecule has 1 rings (SSSR count). The summed E-state index contributed by atoms with van der Waals surface area (Å²) in [5.41, 5.74) is 1.51. The van der Waals surface area contributed by atoms with Crippen LogP contribution in [0.4, 0.5) is 5.95 Å². The molecule has 0 N–H and O–H groups in total. The number of aromatic nitrogens is 2. The van der Waals surface area contributed by atoms with E-state index in [0.717, 1.165) is 11.3 Å². The first-order valence-electron chi connectivity index (χ1n) is 5.32. The van der Waals surface area contributed by atoms with Gasteiger partial charge in [0.05, 0.1) is 0 Å². The Hall–Kier alpha value is -1.45. The minimum absolute atomic E-state index is 0.00996. The molecule has 4 nitrogen and oxygen atoms in total. The molecule has 1 aromatic heterocycles. The van der Waals surface area contributed by atoms with Gasteiger partial charge in [-0.2, -0.15) is 0 Å². The third kappa shape index (κ3) is 2.56. The van der Waals surface area contributed by atoms with Gasteiger partial charge in [-0.25, -0.2) is 9.97 Å². The molecule has 88 valence electrons. The van der Waals surface area contributed by atoms with Crippen molar-refractivity contribution >= 4 is 11.9 Å². The van der Waals surface area contributed by atoms with Gasteiger partial charge >= 0.3 is 0 Å². The highest BCUT2D eigenvalue weighted by Gasteiger charge is 2.27. The third-order valence-corrected chi connectivity index (χ3v) is 2.46. The first-order valence-corrected chi connectivity index (χ1v) is 5.32. The summed E-state index contributed by atoms with van der Waals surface area (Å²) in [6.07, 6.45) is 1.74. The van der Waals surface area contributed by atoms with Crippen molar-refractivity contribution in [2.75, 3.05) is 11.9 Å². The van der Waals surface area contributed by atoms with Crippen LogP contribution in [-0.2, 0) is 4.79 Å². The summed E-state index contributed by atoms with van der Waals surface area (Å²) in [4.78, 5) is 22.0. The highest BCUT2D eigenvalue weighted by molar-refractivity contribution is 5.94. The second-order valence-corrected chi connectivity index (χ2v) is 5.05. The Balaban J connectivity index is 3.01. The molecule has 1 amide bonds. The van der Waals surface area contributed by atoms with E-state index in [9.17, 15) is 4.79 Å². The Kier molecular flexibility index (Phi) is 3.31. The Morgan fingerprint density at radius 2 is 1.88 bits per heavy atom. The Labute approximate surface area is 96.7 Å². The predicted molar refractivity (Wildman–Crippen MR) is 64.4 cm³/mol. The second-order valence-electron chi connectivity index (χ2n) is 5.05. The molecule has 4 heteroatoms. The quantitative estimate of drug-likeness (QED) is 0.729. The number of hydrogen-bond donors (Lipinski definition) is 0. The summed E-state index contributed by atoms with van der Waals surface area (Å²) in [5, 5.41) is 0. The van der Waals surface area contributed by atoms with E-state index >= 15 is 0 Å². The van der Waals surface area contributed by atoms with E-state index in [2.05, 4.69) is 9.97 Å². The van der Waals surface area contributed by atoms with Gasteiger partial charge in [0.15, 0.2) is 0 Å². The number of amides is 1. The molecular formula is C12H19N3O. The zero-order valence-corrected chi connectivity index (χ0v) is 10.8. The molecule has 0 aliphatic rings. The molecule has 1 aromatic rings. The number of aryl methyl sites for hydroxylation is 2. The number of carbonyl (C=O) groups excluding carboxylic acids is 1. The maximum Gasteiger partial charge on any atom is 0.234 e. The Bertz CT molecular complexity index is 407. The average molecular weight is 221 g/mol. The fourth-order valence-corrected chi connectivity index (χ4v) is 1.27. The van der Waals surface area contributed by atoms with Crippen molar-refractivity contribution in [3.63, 3.8) is 0 Å². The van der Waals surface area contributed by atoms with Crippen LogP contribution in [0.25, 0.3) is 0 Å². The molecule has 0 aliphatic carbocycles. The molecule has 0 bridgehead atoms. The lowest BCUT2D eigenvalue weighted by Crippen LogP contribution is -2.37. The molecule has 0 atom stereocenters. The molecule has 0 aliphatic heterocycles. The van der Waals surface area contributed by atoms with Crippen LogP contribution < -0.4 is 4.90 Å². The SMILES string of the molecule is Cc1cnc(N(C)C(=O)C(C)(C)C)nc1C. The van der Waals surface area contributed by atoms with Gasteiger partial charge in [-0.15, -0.1) is 0 Å². The van der Waals surface area contributed by atoms with Gasteiger partial charge in [0.25, 0.3) is 0 Å². The van der Waals surface area contributed by atoms with E-state index in [0.29, 0.717) is 5.95 Å². The van der Waals surface area contributed by atoms with Crippen molar-refractivity contribution < 1.29 is 4.79 Å². The van der Waals surface area contributed by atoms with Crippen LogP contribution in [0.15, 0.2) is 6.20 Å². The zero-order valence-electron chi connectivity index (χ0n) is 10.8. The van der Waals surface area contributed by atoms with Gasteiger partial charge in [-0.3, -0.25) is 9.69 Å². The maximum atomic E-state index is 12.0. The van der Waals surface area contributed by atoms with Gasteiger partial charge in [0, 0.05) is 24.4 Å². The van der Waals surface area contributed by atoms with Gasteiger partial charge in [-0.1, -0.05) is 20.8 Å². The number of hydrogen-bond acceptors (Lipinski definition) is 3. The normalized spacial score (nSPS) is 11.4. The minimum atomic E-state index is -0.420. The average Bonchev–Trinajstić information content (AvgIpc) is 2.18. The zero-order chi connectivity index (χ0) is 12.5. The van der Waals surface area contributed by atoms with Crippen molar-refractivity contribution in [1.29, 1.82) is 0 Å². The summed E-state index contributed by atoms with van der Waals surface area (Å²) in [7, 11) is 1.71. The molecule has 0 radical (unpaired) electrons. The smallest absolute Gasteiger partial charge is 0.234 e. The summed E-state index contributed by atoms with van der Waals surface area (Å²) >= 11 is 0. The number of rotatable bonds is 1. The van der Waals surface area contributed by atoms with Crippen LogP contribution in [0.5, 0.6) is 0 Å². The van der Waals surface area contributed by atoms with E-state index in [1.807, 2.05) is 34.6 Å². The summed E-state index contributed by atoms with van der Waals surface area (Å²) < 4.78 is 0. The second kappa shape index (κ2) is 4.20. The number of anilines is 1. The van der Waals surface area contributed by atoms with E-state index in [-0.39, 0.29) is 5.91 Å². The first kappa shape index (κ1) is 12.6. The molecule has 0 saturated carbocycles. The largest absolute Gasteiger partial charge is 0.283 e. The first-order chi connectivity index (χ1) is 7.23. The topological polar surface area (TPSA) is 46.1 Å². The fourth-order valence-electron chi connectivity index (χ4n) is 1.27.